The number of esters is 1. The first-order valence-corrected chi connectivity index (χ1v) is 5.35. The summed E-state index contributed by atoms with van der Waals surface area (Å²) in [6, 6.07) is 3.39. The van der Waals surface area contributed by atoms with Crippen molar-refractivity contribution in [2.75, 3.05) is 7.11 Å². The van der Waals surface area contributed by atoms with Gasteiger partial charge >= 0.3 is 5.97 Å². The van der Waals surface area contributed by atoms with E-state index in [1.807, 2.05) is 0 Å². The zero-order chi connectivity index (χ0) is 11.0. The van der Waals surface area contributed by atoms with Crippen molar-refractivity contribution in [3.05, 3.63) is 33.4 Å². The van der Waals surface area contributed by atoms with Gasteiger partial charge in [-0.1, -0.05) is 27.5 Å². The molecule has 1 aromatic carbocycles. The summed E-state index contributed by atoms with van der Waals surface area (Å²) in [4.78, 5) is 14.3. The molecule has 2 rings (SSSR count). The fraction of sp³-hybridized carbons (Fsp3) is 0.100. The highest BCUT2D eigenvalue weighted by Gasteiger charge is 2.12. The monoisotopic (exact) mass is 287 g/mol. The van der Waals surface area contributed by atoms with Crippen molar-refractivity contribution in [3.8, 4) is 0 Å². The number of carbonyl (C=O) groups excluding carboxylic acids is 1. The van der Waals surface area contributed by atoms with Crippen LogP contribution in [0.15, 0.2) is 22.8 Å². The van der Waals surface area contributed by atoms with Crippen molar-refractivity contribution < 1.29 is 9.53 Å². The van der Waals surface area contributed by atoms with Crippen LogP contribution in [0.25, 0.3) is 10.9 Å². The topological polar surface area (TPSA) is 42.1 Å². The molecule has 1 N–H and O–H groups in total. The Hall–Kier alpha value is -1.00. The molecular weight excluding hydrogens is 281 g/mol. The third-order valence-electron chi connectivity index (χ3n) is 2.10. The Morgan fingerprint density at radius 2 is 2.27 bits per heavy atom. The number of H-pyrrole nitrogens is 1. The standard InChI is InChI=1S/C10H7BrClNO2/c1-15-10(14)5-2-6(11)9-7(12)4-13-8(9)3-5/h2-4,13H,1H3. The van der Waals surface area contributed by atoms with Crippen LogP contribution in [0.2, 0.25) is 5.02 Å². The summed E-state index contributed by atoms with van der Waals surface area (Å²) >= 11 is 9.33. The number of ether oxygens (including phenoxy) is 1. The predicted molar refractivity (Wildman–Crippen MR) is 62.3 cm³/mol. The van der Waals surface area contributed by atoms with Gasteiger partial charge in [0.05, 0.1) is 17.7 Å². The molecular formula is C10H7BrClNO2. The summed E-state index contributed by atoms with van der Waals surface area (Å²) in [5, 5.41) is 1.48. The minimum absolute atomic E-state index is 0.372. The van der Waals surface area contributed by atoms with Crippen LogP contribution in [0, 0.1) is 0 Å². The van der Waals surface area contributed by atoms with Crippen molar-refractivity contribution in [1.82, 2.24) is 4.98 Å². The van der Waals surface area contributed by atoms with E-state index < -0.39 is 0 Å². The average Bonchev–Trinajstić information content (AvgIpc) is 2.59. The molecule has 0 atom stereocenters. The van der Waals surface area contributed by atoms with E-state index in [4.69, 9.17) is 11.6 Å². The highest BCUT2D eigenvalue weighted by molar-refractivity contribution is 9.10. The molecule has 0 fully saturated rings. The highest BCUT2D eigenvalue weighted by Crippen LogP contribution is 2.31. The minimum atomic E-state index is -0.372. The van der Waals surface area contributed by atoms with Gasteiger partial charge in [0.2, 0.25) is 0 Å². The van der Waals surface area contributed by atoms with Crippen LogP contribution in [-0.4, -0.2) is 18.1 Å². The van der Waals surface area contributed by atoms with Gasteiger partial charge in [-0.25, -0.2) is 4.79 Å². The third-order valence-corrected chi connectivity index (χ3v) is 3.03. The number of nitrogens with one attached hydrogen (secondary N) is 1. The molecule has 2 aromatic rings. The van der Waals surface area contributed by atoms with E-state index in [0.717, 1.165) is 15.4 Å². The second-order valence-corrected chi connectivity index (χ2v) is 4.27. The van der Waals surface area contributed by atoms with E-state index in [1.54, 1.807) is 18.3 Å². The van der Waals surface area contributed by atoms with E-state index in [9.17, 15) is 4.79 Å². The molecule has 0 aliphatic carbocycles. The lowest BCUT2D eigenvalue weighted by molar-refractivity contribution is 0.0601. The summed E-state index contributed by atoms with van der Waals surface area (Å²) in [6.07, 6.45) is 1.68. The predicted octanol–water partition coefficient (Wildman–Crippen LogP) is 3.37. The normalized spacial score (nSPS) is 10.6. The van der Waals surface area contributed by atoms with Gasteiger partial charge in [-0.2, -0.15) is 0 Å². The molecule has 0 aliphatic rings. The number of aromatic nitrogens is 1. The van der Waals surface area contributed by atoms with E-state index in [1.165, 1.54) is 7.11 Å². The van der Waals surface area contributed by atoms with Crippen molar-refractivity contribution >= 4 is 44.4 Å². The van der Waals surface area contributed by atoms with Gasteiger partial charge in [-0.15, -0.1) is 0 Å². The molecule has 0 saturated carbocycles. The fourth-order valence-corrected chi connectivity index (χ4v) is 2.46. The fourth-order valence-electron chi connectivity index (χ4n) is 1.41. The average molecular weight is 289 g/mol. The van der Waals surface area contributed by atoms with E-state index >= 15 is 0 Å². The van der Waals surface area contributed by atoms with Crippen molar-refractivity contribution in [1.29, 1.82) is 0 Å². The minimum Gasteiger partial charge on any atom is -0.465 e. The molecule has 78 valence electrons. The van der Waals surface area contributed by atoms with Gasteiger partial charge in [0, 0.05) is 21.6 Å². The Morgan fingerprint density at radius 3 is 2.93 bits per heavy atom. The maximum absolute atomic E-state index is 11.3. The maximum atomic E-state index is 11.3. The molecule has 0 bridgehead atoms. The lowest BCUT2D eigenvalue weighted by atomic mass is 10.2. The molecule has 1 heterocycles. The zero-order valence-electron chi connectivity index (χ0n) is 7.80. The van der Waals surface area contributed by atoms with Gasteiger partial charge in [0.25, 0.3) is 0 Å². The van der Waals surface area contributed by atoms with E-state index in [2.05, 4.69) is 25.7 Å². The van der Waals surface area contributed by atoms with Gasteiger partial charge in [-0.3, -0.25) is 0 Å². The second kappa shape index (κ2) is 3.87. The van der Waals surface area contributed by atoms with Gasteiger partial charge in [0.15, 0.2) is 0 Å². The van der Waals surface area contributed by atoms with Crippen LogP contribution in [0.1, 0.15) is 10.4 Å². The molecule has 0 saturated heterocycles. The molecule has 1 aromatic heterocycles. The number of methoxy groups -OCH3 is 1. The molecule has 5 heteroatoms. The smallest absolute Gasteiger partial charge is 0.337 e. The zero-order valence-corrected chi connectivity index (χ0v) is 10.1. The summed E-state index contributed by atoms with van der Waals surface area (Å²) < 4.78 is 5.41. The Bertz CT molecular complexity index is 535. The number of rotatable bonds is 1. The highest BCUT2D eigenvalue weighted by atomic mass is 79.9. The van der Waals surface area contributed by atoms with Gasteiger partial charge < -0.3 is 9.72 Å². The molecule has 0 aliphatic heterocycles. The first kappa shape index (κ1) is 10.5. The number of fused-ring (bicyclic) bond motifs is 1. The quantitative estimate of drug-likeness (QED) is 0.818. The van der Waals surface area contributed by atoms with Crippen LogP contribution < -0.4 is 0 Å². The SMILES string of the molecule is COC(=O)c1cc(Br)c2c(Cl)c[nH]c2c1. The number of aromatic amines is 1. The summed E-state index contributed by atoms with van der Waals surface area (Å²) in [5.74, 6) is -0.372. The Kier molecular flexibility index (Phi) is 2.71. The number of halogens is 2. The first-order chi connectivity index (χ1) is 7.13. The Balaban J connectivity index is 2.68. The van der Waals surface area contributed by atoms with Gasteiger partial charge in [0.1, 0.15) is 0 Å². The largest absolute Gasteiger partial charge is 0.465 e. The molecule has 0 spiro atoms. The Morgan fingerprint density at radius 1 is 1.53 bits per heavy atom. The van der Waals surface area contributed by atoms with Crippen molar-refractivity contribution in [3.63, 3.8) is 0 Å². The summed E-state index contributed by atoms with van der Waals surface area (Å²) in [7, 11) is 1.35. The Labute approximate surface area is 99.5 Å². The first-order valence-electron chi connectivity index (χ1n) is 4.18. The molecule has 15 heavy (non-hydrogen) atoms. The number of benzene rings is 1. The summed E-state index contributed by atoms with van der Waals surface area (Å²) in [5.41, 5.74) is 1.28. The lowest BCUT2D eigenvalue weighted by Gasteiger charge is -2.01. The van der Waals surface area contributed by atoms with E-state index in [-0.39, 0.29) is 5.97 Å². The maximum Gasteiger partial charge on any atom is 0.337 e. The third kappa shape index (κ3) is 1.75. The van der Waals surface area contributed by atoms with Crippen LogP contribution >= 0.6 is 27.5 Å². The number of carbonyl (C=O) groups is 1. The van der Waals surface area contributed by atoms with Crippen molar-refractivity contribution in [2.24, 2.45) is 0 Å². The summed E-state index contributed by atoms with van der Waals surface area (Å²) in [6.45, 7) is 0. The lowest BCUT2D eigenvalue weighted by Crippen LogP contribution is -2.00. The molecule has 0 radical (unpaired) electrons. The van der Waals surface area contributed by atoms with Gasteiger partial charge in [-0.05, 0) is 12.1 Å². The van der Waals surface area contributed by atoms with Crippen LogP contribution in [0.5, 0.6) is 0 Å². The number of hydrogen-bond donors (Lipinski definition) is 1. The molecule has 0 unspecified atom stereocenters. The second-order valence-electron chi connectivity index (χ2n) is 3.01. The van der Waals surface area contributed by atoms with E-state index in [0.29, 0.717) is 10.6 Å². The van der Waals surface area contributed by atoms with Crippen molar-refractivity contribution in [2.45, 2.75) is 0 Å². The van der Waals surface area contributed by atoms with Crippen LogP contribution in [0.4, 0.5) is 0 Å². The number of hydrogen-bond acceptors (Lipinski definition) is 2. The molecule has 3 nitrogen and oxygen atoms in total. The van der Waals surface area contributed by atoms with Crippen LogP contribution in [-0.2, 0) is 4.74 Å². The van der Waals surface area contributed by atoms with Crippen LogP contribution in [0.3, 0.4) is 0 Å². The molecule has 0 amide bonds.